The number of carbonyl (C=O) groups is 1. The van der Waals surface area contributed by atoms with E-state index in [0.717, 1.165) is 22.2 Å². The van der Waals surface area contributed by atoms with Gasteiger partial charge in [-0.2, -0.15) is 0 Å². The van der Waals surface area contributed by atoms with Crippen LogP contribution in [-0.2, 0) is 6.54 Å². The summed E-state index contributed by atoms with van der Waals surface area (Å²) in [6, 6.07) is 14.8. The van der Waals surface area contributed by atoms with Crippen LogP contribution in [0, 0.1) is 0 Å². The van der Waals surface area contributed by atoms with Crippen molar-refractivity contribution in [2.24, 2.45) is 0 Å². The monoisotopic (exact) mass is 266 g/mol. The highest BCUT2D eigenvalue weighted by molar-refractivity contribution is 5.87. The summed E-state index contributed by atoms with van der Waals surface area (Å²) < 4.78 is 2.08. The van der Waals surface area contributed by atoms with Crippen LogP contribution in [-0.4, -0.2) is 15.6 Å². The predicted octanol–water partition coefficient (Wildman–Crippen LogP) is 2.97. The Bertz CT molecular complexity index is 790. The molecule has 0 saturated carbocycles. The fraction of sp³-hybridized carbons (Fsp3) is 0.0625. The quantitative estimate of drug-likeness (QED) is 0.716. The van der Waals surface area contributed by atoms with Crippen LogP contribution in [0.5, 0.6) is 0 Å². The Morgan fingerprint density at radius 3 is 2.80 bits per heavy atom. The van der Waals surface area contributed by atoms with Crippen molar-refractivity contribution in [3.8, 4) is 0 Å². The molecular formula is C16H14N2O2. The molecule has 0 spiro atoms. The molecule has 0 fully saturated rings. The van der Waals surface area contributed by atoms with Gasteiger partial charge in [0.1, 0.15) is 0 Å². The number of nitrogens with zero attached hydrogens (tertiary/aromatic N) is 1. The largest absolute Gasteiger partial charge is 0.478 e. The topological polar surface area (TPSA) is 68.2 Å². The van der Waals surface area contributed by atoms with Gasteiger partial charge in [0.15, 0.2) is 0 Å². The molecule has 0 atom stereocenters. The molecule has 1 aromatic heterocycles. The molecule has 0 unspecified atom stereocenters. The van der Waals surface area contributed by atoms with Gasteiger partial charge in [-0.1, -0.05) is 12.1 Å². The van der Waals surface area contributed by atoms with Crippen LogP contribution >= 0.6 is 0 Å². The maximum Gasteiger partial charge on any atom is 0.335 e. The lowest BCUT2D eigenvalue weighted by Crippen LogP contribution is -2.01. The first-order chi connectivity index (χ1) is 9.63. The zero-order valence-corrected chi connectivity index (χ0v) is 10.8. The van der Waals surface area contributed by atoms with Crippen molar-refractivity contribution in [2.75, 3.05) is 5.73 Å². The minimum Gasteiger partial charge on any atom is -0.478 e. The Labute approximate surface area is 116 Å². The summed E-state index contributed by atoms with van der Waals surface area (Å²) in [5.74, 6) is -0.906. The number of aromatic carboxylic acids is 1. The van der Waals surface area contributed by atoms with Gasteiger partial charge in [-0.25, -0.2) is 4.79 Å². The fourth-order valence-electron chi connectivity index (χ4n) is 2.36. The molecular weight excluding hydrogens is 252 g/mol. The Morgan fingerprint density at radius 2 is 2.00 bits per heavy atom. The summed E-state index contributed by atoms with van der Waals surface area (Å²) in [7, 11) is 0. The number of carboxylic acid groups (broad SMARTS) is 1. The summed E-state index contributed by atoms with van der Waals surface area (Å²) in [6.45, 7) is 0.633. The molecule has 3 rings (SSSR count). The number of benzene rings is 2. The molecule has 0 aliphatic carbocycles. The summed E-state index contributed by atoms with van der Waals surface area (Å²) in [5.41, 5.74) is 8.85. The van der Waals surface area contributed by atoms with Crippen LogP contribution in [0.25, 0.3) is 10.9 Å². The van der Waals surface area contributed by atoms with Gasteiger partial charge >= 0.3 is 5.97 Å². The van der Waals surface area contributed by atoms with Gasteiger partial charge in [0.2, 0.25) is 0 Å². The van der Waals surface area contributed by atoms with E-state index in [1.165, 1.54) is 0 Å². The minimum atomic E-state index is -0.906. The highest BCUT2D eigenvalue weighted by Crippen LogP contribution is 2.20. The molecule has 0 bridgehead atoms. The van der Waals surface area contributed by atoms with Crippen LogP contribution in [0.3, 0.4) is 0 Å². The maximum absolute atomic E-state index is 11.0. The Morgan fingerprint density at radius 1 is 1.15 bits per heavy atom. The zero-order valence-electron chi connectivity index (χ0n) is 10.8. The fourth-order valence-corrected chi connectivity index (χ4v) is 2.36. The standard InChI is InChI=1S/C16H14N2O2/c17-14-4-5-15-12(9-14)6-7-18(15)10-11-2-1-3-13(8-11)16(19)20/h1-9H,10,17H2,(H,19,20). The first-order valence-electron chi connectivity index (χ1n) is 6.30. The van der Waals surface area contributed by atoms with Gasteiger partial charge in [-0.3, -0.25) is 0 Å². The summed E-state index contributed by atoms with van der Waals surface area (Å²) in [4.78, 5) is 11.0. The summed E-state index contributed by atoms with van der Waals surface area (Å²) in [5, 5.41) is 10.1. The van der Waals surface area contributed by atoms with E-state index in [2.05, 4.69) is 4.57 Å². The number of nitrogen functional groups attached to an aromatic ring is 1. The highest BCUT2D eigenvalue weighted by Gasteiger charge is 2.05. The molecule has 4 heteroatoms. The predicted molar refractivity (Wildman–Crippen MR) is 78.9 cm³/mol. The molecule has 0 saturated heterocycles. The van der Waals surface area contributed by atoms with Crippen molar-refractivity contribution >= 4 is 22.6 Å². The molecule has 4 nitrogen and oxygen atoms in total. The SMILES string of the molecule is Nc1ccc2c(ccn2Cc2cccc(C(=O)O)c2)c1. The van der Waals surface area contributed by atoms with Gasteiger partial charge in [-0.05, 0) is 42.0 Å². The van der Waals surface area contributed by atoms with Gasteiger partial charge < -0.3 is 15.4 Å². The second-order valence-corrected chi connectivity index (χ2v) is 4.77. The van der Waals surface area contributed by atoms with Gasteiger partial charge in [0.05, 0.1) is 5.56 Å². The Balaban J connectivity index is 1.97. The van der Waals surface area contributed by atoms with E-state index < -0.39 is 5.97 Å². The molecule has 0 amide bonds. The molecule has 2 aromatic carbocycles. The van der Waals surface area contributed by atoms with Crippen LogP contribution in [0.4, 0.5) is 5.69 Å². The van der Waals surface area contributed by atoms with Crippen LogP contribution in [0.15, 0.2) is 54.7 Å². The molecule has 0 aliphatic heterocycles. The second kappa shape index (κ2) is 4.74. The highest BCUT2D eigenvalue weighted by atomic mass is 16.4. The van der Waals surface area contributed by atoms with E-state index in [-0.39, 0.29) is 0 Å². The molecule has 20 heavy (non-hydrogen) atoms. The van der Waals surface area contributed by atoms with E-state index in [4.69, 9.17) is 10.8 Å². The van der Waals surface area contributed by atoms with Crippen molar-refractivity contribution in [1.29, 1.82) is 0 Å². The van der Waals surface area contributed by atoms with E-state index in [1.54, 1.807) is 18.2 Å². The number of hydrogen-bond acceptors (Lipinski definition) is 2. The smallest absolute Gasteiger partial charge is 0.335 e. The third kappa shape index (κ3) is 2.23. The van der Waals surface area contributed by atoms with E-state index in [9.17, 15) is 4.79 Å². The van der Waals surface area contributed by atoms with Crippen LogP contribution < -0.4 is 5.73 Å². The lowest BCUT2D eigenvalue weighted by molar-refractivity contribution is 0.0696. The van der Waals surface area contributed by atoms with E-state index in [1.807, 2.05) is 36.5 Å². The second-order valence-electron chi connectivity index (χ2n) is 4.77. The molecule has 100 valence electrons. The molecule has 3 N–H and O–H groups in total. The Kier molecular flexibility index (Phi) is 2.91. The van der Waals surface area contributed by atoms with Crippen LogP contribution in [0.1, 0.15) is 15.9 Å². The summed E-state index contributed by atoms with van der Waals surface area (Å²) in [6.07, 6.45) is 1.98. The average Bonchev–Trinajstić information content (AvgIpc) is 2.81. The summed E-state index contributed by atoms with van der Waals surface area (Å²) >= 11 is 0. The number of rotatable bonds is 3. The van der Waals surface area contributed by atoms with Crippen molar-refractivity contribution in [3.05, 3.63) is 65.9 Å². The van der Waals surface area contributed by atoms with E-state index in [0.29, 0.717) is 12.1 Å². The molecule has 0 aliphatic rings. The molecule has 0 radical (unpaired) electrons. The zero-order chi connectivity index (χ0) is 14.1. The third-order valence-corrected chi connectivity index (χ3v) is 3.32. The number of anilines is 1. The average molecular weight is 266 g/mol. The lowest BCUT2D eigenvalue weighted by Gasteiger charge is -2.07. The van der Waals surface area contributed by atoms with Crippen molar-refractivity contribution in [1.82, 2.24) is 4.57 Å². The number of nitrogens with two attached hydrogens (primary N) is 1. The number of aromatic nitrogens is 1. The van der Waals surface area contributed by atoms with Gasteiger partial charge in [0, 0.05) is 29.3 Å². The number of hydrogen-bond donors (Lipinski definition) is 2. The van der Waals surface area contributed by atoms with E-state index >= 15 is 0 Å². The first kappa shape index (κ1) is 12.3. The van der Waals surface area contributed by atoms with Crippen molar-refractivity contribution < 1.29 is 9.90 Å². The normalized spacial score (nSPS) is 10.8. The number of fused-ring (bicyclic) bond motifs is 1. The maximum atomic E-state index is 11.0. The van der Waals surface area contributed by atoms with Crippen molar-refractivity contribution in [2.45, 2.75) is 6.54 Å². The minimum absolute atomic E-state index is 0.309. The Hall–Kier alpha value is -2.75. The van der Waals surface area contributed by atoms with Crippen molar-refractivity contribution in [3.63, 3.8) is 0 Å². The van der Waals surface area contributed by atoms with Gasteiger partial charge in [0.25, 0.3) is 0 Å². The molecule has 1 heterocycles. The number of carboxylic acids is 1. The molecule has 3 aromatic rings. The third-order valence-electron chi connectivity index (χ3n) is 3.32. The van der Waals surface area contributed by atoms with Crippen LogP contribution in [0.2, 0.25) is 0 Å². The first-order valence-corrected chi connectivity index (χ1v) is 6.30. The van der Waals surface area contributed by atoms with Gasteiger partial charge in [-0.15, -0.1) is 0 Å². The lowest BCUT2D eigenvalue weighted by atomic mass is 10.1.